The number of halogens is 1. The normalized spacial score (nSPS) is 16.3. The maximum absolute atomic E-state index is 13.6. The van der Waals surface area contributed by atoms with Crippen LogP contribution in [0.4, 0.5) is 16.2 Å². The zero-order chi connectivity index (χ0) is 30.3. The molecule has 220 valence electrons. The molecular formula is C32H29ClN4O5S. The van der Waals surface area contributed by atoms with Crippen molar-refractivity contribution in [2.75, 3.05) is 5.32 Å². The van der Waals surface area contributed by atoms with Crippen LogP contribution >= 0.6 is 23.4 Å². The van der Waals surface area contributed by atoms with Crippen molar-refractivity contribution in [3.05, 3.63) is 119 Å². The molecule has 1 aliphatic heterocycles. The first-order chi connectivity index (χ1) is 20.8. The second-order valence-electron chi connectivity index (χ2n) is 9.89. The van der Waals surface area contributed by atoms with Crippen molar-refractivity contribution in [1.29, 1.82) is 0 Å². The van der Waals surface area contributed by atoms with Gasteiger partial charge in [0, 0.05) is 5.69 Å². The third-order valence-corrected chi connectivity index (χ3v) is 8.11. The highest BCUT2D eigenvalue weighted by atomic mass is 35.5. The summed E-state index contributed by atoms with van der Waals surface area (Å²) in [7, 11) is 0. The molecule has 5 rings (SSSR count). The fourth-order valence-corrected chi connectivity index (χ4v) is 5.70. The highest BCUT2D eigenvalue weighted by molar-refractivity contribution is 8.15. The molecule has 1 fully saturated rings. The molecule has 3 amide bonds. The number of amides is 3. The molecule has 1 unspecified atom stereocenters. The number of thioether (sulfide) groups is 1. The highest BCUT2D eigenvalue weighted by Gasteiger charge is 2.39. The number of hydrogen-bond donors (Lipinski definition) is 2. The van der Waals surface area contributed by atoms with Crippen LogP contribution in [0.25, 0.3) is 0 Å². The minimum absolute atomic E-state index is 0.101. The summed E-state index contributed by atoms with van der Waals surface area (Å²) < 4.78 is 10.7. The maximum atomic E-state index is 13.6. The van der Waals surface area contributed by atoms with Crippen molar-refractivity contribution in [3.63, 3.8) is 0 Å². The molecule has 11 heteroatoms. The molecule has 3 aromatic carbocycles. The number of carbonyl (C=O) groups is 3. The van der Waals surface area contributed by atoms with Crippen LogP contribution in [0, 0.1) is 6.92 Å². The van der Waals surface area contributed by atoms with E-state index >= 15 is 0 Å². The van der Waals surface area contributed by atoms with Gasteiger partial charge in [-0.25, -0.2) is 9.79 Å². The molecule has 0 spiro atoms. The number of alkyl carbamates (subject to hydrolysis) is 1. The van der Waals surface area contributed by atoms with E-state index in [4.69, 9.17) is 25.7 Å². The Balaban J connectivity index is 1.24. The average Bonchev–Trinajstić information content (AvgIpc) is 3.62. The van der Waals surface area contributed by atoms with E-state index in [1.165, 1.54) is 11.8 Å². The summed E-state index contributed by atoms with van der Waals surface area (Å²) in [5, 5.41) is 5.76. The van der Waals surface area contributed by atoms with Crippen LogP contribution in [0.3, 0.4) is 0 Å². The number of nitrogens with one attached hydrogen (secondary N) is 2. The van der Waals surface area contributed by atoms with Crippen LogP contribution in [0.5, 0.6) is 0 Å². The van der Waals surface area contributed by atoms with Crippen molar-refractivity contribution in [3.8, 4) is 0 Å². The summed E-state index contributed by atoms with van der Waals surface area (Å²) >= 11 is 7.76. The third kappa shape index (κ3) is 7.65. The second-order valence-corrected chi connectivity index (χ2v) is 11.4. The van der Waals surface area contributed by atoms with Crippen LogP contribution in [0.15, 0.2) is 101 Å². The van der Waals surface area contributed by atoms with E-state index in [9.17, 15) is 14.4 Å². The van der Waals surface area contributed by atoms with Crippen molar-refractivity contribution >= 4 is 57.8 Å². The molecule has 4 aromatic rings. The number of benzene rings is 3. The quantitative estimate of drug-likeness (QED) is 0.209. The predicted molar refractivity (Wildman–Crippen MR) is 167 cm³/mol. The lowest BCUT2D eigenvalue weighted by molar-refractivity contribution is -0.126. The molecule has 0 saturated carbocycles. The summed E-state index contributed by atoms with van der Waals surface area (Å²) in [5.74, 6) is 0.0683. The van der Waals surface area contributed by atoms with Crippen molar-refractivity contribution in [2.45, 2.75) is 38.3 Å². The van der Waals surface area contributed by atoms with Crippen molar-refractivity contribution in [1.82, 2.24) is 10.2 Å². The monoisotopic (exact) mass is 616 g/mol. The molecule has 2 atom stereocenters. The minimum atomic E-state index is -0.836. The molecular weight excluding hydrogens is 588 g/mol. The standard InChI is InChI=1S/C32H29ClN4O5S/c1-20-10-15-27(26(33)17-20)36-31-37(18-25-9-6-16-41-25)30(39)28(43-31)23-11-13-24(14-12-23)35-29(38)21(2)34-32(40)42-19-22-7-4-3-5-8-22/h3-17,21,28H,18-19H2,1-2H3,(H,34,40)(H,35,38)/b36-31-/t21-,28?/m0/s1. The number of rotatable bonds is 9. The molecule has 1 aromatic heterocycles. The number of anilines is 1. The van der Waals surface area contributed by atoms with E-state index in [0.29, 0.717) is 27.3 Å². The third-order valence-electron chi connectivity index (χ3n) is 6.58. The van der Waals surface area contributed by atoms with E-state index < -0.39 is 23.3 Å². The van der Waals surface area contributed by atoms with Gasteiger partial charge >= 0.3 is 6.09 Å². The second kappa shape index (κ2) is 13.6. The number of carbonyl (C=O) groups excluding carboxylic acids is 3. The first-order valence-corrected chi connectivity index (χ1v) is 14.8. The van der Waals surface area contributed by atoms with Crippen LogP contribution in [0.1, 0.15) is 34.6 Å². The summed E-state index contributed by atoms with van der Waals surface area (Å²) in [5.41, 5.74) is 3.68. The van der Waals surface area contributed by atoms with Gasteiger partial charge in [-0.3, -0.25) is 14.5 Å². The summed E-state index contributed by atoms with van der Waals surface area (Å²) in [6, 6.07) is 24.6. The Kier molecular flexibility index (Phi) is 9.48. The van der Waals surface area contributed by atoms with E-state index in [1.54, 1.807) is 54.5 Å². The molecule has 2 heterocycles. The zero-order valence-electron chi connectivity index (χ0n) is 23.5. The number of furan rings is 1. The van der Waals surface area contributed by atoms with Gasteiger partial charge in [-0.1, -0.05) is 71.9 Å². The molecule has 43 heavy (non-hydrogen) atoms. The number of nitrogens with zero attached hydrogens (tertiary/aromatic N) is 2. The molecule has 9 nitrogen and oxygen atoms in total. The molecule has 0 aliphatic carbocycles. The van der Waals surface area contributed by atoms with Crippen LogP contribution < -0.4 is 10.6 Å². The molecule has 1 saturated heterocycles. The Morgan fingerprint density at radius 2 is 1.84 bits per heavy atom. The Morgan fingerprint density at radius 3 is 2.53 bits per heavy atom. The van der Waals surface area contributed by atoms with Gasteiger partial charge in [0.1, 0.15) is 23.7 Å². The van der Waals surface area contributed by atoms with Gasteiger partial charge < -0.3 is 19.8 Å². The van der Waals surface area contributed by atoms with Crippen molar-refractivity contribution < 1.29 is 23.5 Å². The minimum Gasteiger partial charge on any atom is -0.467 e. The summed E-state index contributed by atoms with van der Waals surface area (Å²) in [4.78, 5) is 44.7. The lowest BCUT2D eigenvalue weighted by Crippen LogP contribution is -2.41. The summed E-state index contributed by atoms with van der Waals surface area (Å²) in [6.07, 6.45) is 0.868. The lowest BCUT2D eigenvalue weighted by Gasteiger charge is -2.16. The number of hydrogen-bond acceptors (Lipinski definition) is 7. The molecule has 0 bridgehead atoms. The molecule has 1 aliphatic rings. The lowest BCUT2D eigenvalue weighted by atomic mass is 10.1. The first-order valence-electron chi connectivity index (χ1n) is 13.5. The fourth-order valence-electron chi connectivity index (χ4n) is 4.26. The zero-order valence-corrected chi connectivity index (χ0v) is 25.0. The Hall–Kier alpha value is -4.54. The molecule has 0 radical (unpaired) electrons. The number of aryl methyl sites for hydroxylation is 1. The first kappa shape index (κ1) is 29.9. The fraction of sp³-hybridized carbons (Fsp3) is 0.188. The Morgan fingerprint density at radius 1 is 1.07 bits per heavy atom. The van der Waals surface area contributed by atoms with E-state index in [-0.39, 0.29) is 19.1 Å². The smallest absolute Gasteiger partial charge is 0.408 e. The van der Waals surface area contributed by atoms with Crippen LogP contribution in [-0.4, -0.2) is 34.0 Å². The van der Waals surface area contributed by atoms with Gasteiger partial charge in [0.15, 0.2) is 5.17 Å². The SMILES string of the molecule is Cc1ccc(/N=C2\SC(c3ccc(NC(=O)[C@H](C)NC(=O)OCc4ccccc4)cc3)C(=O)N2Cc2ccco2)c(Cl)c1. The maximum Gasteiger partial charge on any atom is 0.408 e. The van der Waals surface area contributed by atoms with Gasteiger partial charge in [0.2, 0.25) is 11.8 Å². The predicted octanol–water partition coefficient (Wildman–Crippen LogP) is 7.00. The van der Waals surface area contributed by atoms with Gasteiger partial charge in [0.05, 0.1) is 23.5 Å². The summed E-state index contributed by atoms with van der Waals surface area (Å²) in [6.45, 7) is 3.84. The van der Waals surface area contributed by atoms with Crippen LogP contribution in [0.2, 0.25) is 5.02 Å². The van der Waals surface area contributed by atoms with E-state index in [1.807, 2.05) is 55.5 Å². The Bertz CT molecular complexity index is 1630. The van der Waals surface area contributed by atoms with Gasteiger partial charge in [-0.15, -0.1) is 0 Å². The van der Waals surface area contributed by atoms with Gasteiger partial charge in [-0.2, -0.15) is 0 Å². The van der Waals surface area contributed by atoms with Crippen molar-refractivity contribution in [2.24, 2.45) is 4.99 Å². The van der Waals surface area contributed by atoms with Gasteiger partial charge in [-0.05, 0) is 66.9 Å². The molecule has 2 N–H and O–H groups in total. The van der Waals surface area contributed by atoms with E-state index in [2.05, 4.69) is 10.6 Å². The average molecular weight is 617 g/mol. The highest BCUT2D eigenvalue weighted by Crippen LogP contribution is 2.42. The van der Waals surface area contributed by atoms with Gasteiger partial charge in [0.25, 0.3) is 0 Å². The Labute approximate surface area is 258 Å². The van der Waals surface area contributed by atoms with Crippen LogP contribution in [-0.2, 0) is 27.5 Å². The number of aliphatic imine (C=N–C) groups is 1. The number of ether oxygens (including phenoxy) is 1. The van der Waals surface area contributed by atoms with E-state index in [0.717, 1.165) is 16.7 Å². The number of amidine groups is 1. The largest absolute Gasteiger partial charge is 0.467 e. The topological polar surface area (TPSA) is 113 Å².